The van der Waals surface area contributed by atoms with Crippen molar-refractivity contribution in [2.45, 2.75) is 19.9 Å². The minimum absolute atomic E-state index is 0.0871. The van der Waals surface area contributed by atoms with Gasteiger partial charge in [0.05, 0.1) is 0 Å². The van der Waals surface area contributed by atoms with E-state index in [1.165, 1.54) is 0 Å². The fourth-order valence-corrected chi connectivity index (χ4v) is 1.87. The number of benzene rings is 1. The van der Waals surface area contributed by atoms with E-state index >= 15 is 0 Å². The minimum atomic E-state index is -0.400. The molecule has 1 aromatic carbocycles. The van der Waals surface area contributed by atoms with Crippen molar-refractivity contribution in [1.29, 1.82) is 0 Å². The summed E-state index contributed by atoms with van der Waals surface area (Å²) in [4.78, 5) is 20.4. The zero-order chi connectivity index (χ0) is 15.2. The van der Waals surface area contributed by atoms with Crippen molar-refractivity contribution in [3.8, 4) is 11.4 Å². The number of amides is 1. The largest absolute Gasteiger partial charge is 0.384 e. The number of rotatable bonds is 5. The summed E-state index contributed by atoms with van der Waals surface area (Å²) >= 11 is 0. The summed E-state index contributed by atoms with van der Waals surface area (Å²) in [5.74, 6) is 1.33. The van der Waals surface area contributed by atoms with Crippen LogP contribution in [-0.4, -0.2) is 28.5 Å². The highest BCUT2D eigenvalue weighted by Gasteiger charge is 2.13. The first kappa shape index (κ1) is 14.8. The molecule has 0 spiro atoms. The average molecular weight is 285 g/mol. The van der Waals surface area contributed by atoms with Gasteiger partial charge >= 0.3 is 0 Å². The molecule has 1 amide bonds. The molecule has 0 saturated heterocycles. The molecule has 0 aliphatic carbocycles. The van der Waals surface area contributed by atoms with Gasteiger partial charge in [-0.1, -0.05) is 30.3 Å². The summed E-state index contributed by atoms with van der Waals surface area (Å²) in [5, 5.41) is 5.78. The molecule has 1 atom stereocenters. The van der Waals surface area contributed by atoms with Crippen LogP contribution in [0.15, 0.2) is 36.4 Å². The van der Waals surface area contributed by atoms with E-state index < -0.39 is 6.04 Å². The van der Waals surface area contributed by atoms with E-state index in [0.29, 0.717) is 24.0 Å². The molecule has 4 N–H and O–H groups in total. The standard InChI is InChI=1S/C15H19N5O/c1-3-17-15(21)10(2)18-13-9-12(16)19-14(20-13)11-7-5-4-6-8-11/h4-10H,3H2,1-2H3,(H,17,21)(H3,16,18,19,20). The maximum atomic E-state index is 11.7. The molecule has 110 valence electrons. The highest BCUT2D eigenvalue weighted by molar-refractivity contribution is 5.84. The molecule has 0 saturated carbocycles. The number of nitrogens with zero attached hydrogens (tertiary/aromatic N) is 2. The van der Waals surface area contributed by atoms with E-state index in [0.717, 1.165) is 5.56 Å². The first-order valence-corrected chi connectivity index (χ1v) is 6.84. The molecule has 21 heavy (non-hydrogen) atoms. The Morgan fingerprint density at radius 2 is 2.00 bits per heavy atom. The van der Waals surface area contributed by atoms with Gasteiger partial charge in [0, 0.05) is 18.2 Å². The Morgan fingerprint density at radius 1 is 1.29 bits per heavy atom. The lowest BCUT2D eigenvalue weighted by Gasteiger charge is -2.14. The zero-order valence-corrected chi connectivity index (χ0v) is 12.1. The molecule has 0 radical (unpaired) electrons. The number of carbonyl (C=O) groups is 1. The van der Waals surface area contributed by atoms with Gasteiger partial charge in [0.15, 0.2) is 5.82 Å². The lowest BCUT2D eigenvalue weighted by atomic mass is 10.2. The van der Waals surface area contributed by atoms with Gasteiger partial charge in [0.25, 0.3) is 0 Å². The van der Waals surface area contributed by atoms with Crippen molar-refractivity contribution in [3.05, 3.63) is 36.4 Å². The second kappa shape index (κ2) is 6.69. The third kappa shape index (κ3) is 3.92. The number of carbonyl (C=O) groups excluding carboxylic acids is 1. The Balaban J connectivity index is 2.22. The molecule has 2 aromatic rings. The van der Waals surface area contributed by atoms with Gasteiger partial charge in [-0.2, -0.15) is 0 Å². The van der Waals surface area contributed by atoms with Crippen LogP contribution in [0.2, 0.25) is 0 Å². The van der Waals surface area contributed by atoms with Crippen LogP contribution in [0.1, 0.15) is 13.8 Å². The lowest BCUT2D eigenvalue weighted by Crippen LogP contribution is -2.37. The Morgan fingerprint density at radius 3 is 2.67 bits per heavy atom. The number of hydrogen-bond donors (Lipinski definition) is 3. The van der Waals surface area contributed by atoms with E-state index in [2.05, 4.69) is 20.6 Å². The molecule has 1 unspecified atom stereocenters. The predicted molar refractivity (Wildman–Crippen MR) is 83.6 cm³/mol. The number of hydrogen-bond acceptors (Lipinski definition) is 5. The SMILES string of the molecule is CCNC(=O)C(C)Nc1cc(N)nc(-c2ccccc2)n1. The zero-order valence-electron chi connectivity index (χ0n) is 12.1. The minimum Gasteiger partial charge on any atom is -0.384 e. The molecular weight excluding hydrogens is 266 g/mol. The van der Waals surface area contributed by atoms with Crippen LogP contribution in [0.3, 0.4) is 0 Å². The summed E-state index contributed by atoms with van der Waals surface area (Å²) < 4.78 is 0. The maximum absolute atomic E-state index is 11.7. The monoisotopic (exact) mass is 285 g/mol. The Bertz CT molecular complexity index is 615. The molecule has 6 nitrogen and oxygen atoms in total. The molecule has 1 aromatic heterocycles. The van der Waals surface area contributed by atoms with E-state index in [1.807, 2.05) is 37.3 Å². The van der Waals surface area contributed by atoms with Crippen LogP contribution in [0, 0.1) is 0 Å². The molecular formula is C15H19N5O. The topological polar surface area (TPSA) is 92.9 Å². The van der Waals surface area contributed by atoms with Gasteiger partial charge < -0.3 is 16.4 Å². The van der Waals surface area contributed by atoms with Crippen molar-refractivity contribution in [1.82, 2.24) is 15.3 Å². The molecule has 0 aliphatic heterocycles. The number of likely N-dealkylation sites (N-methyl/N-ethyl adjacent to an activating group) is 1. The number of aromatic nitrogens is 2. The Kier molecular flexibility index (Phi) is 4.71. The third-order valence-corrected chi connectivity index (χ3v) is 2.89. The first-order chi connectivity index (χ1) is 10.1. The fourth-order valence-electron chi connectivity index (χ4n) is 1.87. The van der Waals surface area contributed by atoms with Gasteiger partial charge in [-0.15, -0.1) is 0 Å². The Labute approximate surface area is 123 Å². The second-order valence-electron chi connectivity index (χ2n) is 4.63. The van der Waals surface area contributed by atoms with Crippen molar-refractivity contribution >= 4 is 17.5 Å². The highest BCUT2D eigenvalue weighted by Crippen LogP contribution is 2.18. The van der Waals surface area contributed by atoms with Gasteiger partial charge in [-0.25, -0.2) is 9.97 Å². The van der Waals surface area contributed by atoms with Crippen LogP contribution in [-0.2, 0) is 4.79 Å². The molecule has 1 heterocycles. The maximum Gasteiger partial charge on any atom is 0.242 e. The van der Waals surface area contributed by atoms with Crippen LogP contribution in [0.25, 0.3) is 11.4 Å². The quantitative estimate of drug-likeness (QED) is 0.777. The molecule has 2 rings (SSSR count). The van der Waals surface area contributed by atoms with E-state index in [4.69, 9.17) is 5.73 Å². The molecule has 6 heteroatoms. The predicted octanol–water partition coefficient (Wildman–Crippen LogP) is 1.66. The summed E-state index contributed by atoms with van der Waals surface area (Å²) in [7, 11) is 0. The van der Waals surface area contributed by atoms with Crippen molar-refractivity contribution in [3.63, 3.8) is 0 Å². The molecule has 0 bridgehead atoms. The van der Waals surface area contributed by atoms with Gasteiger partial charge in [-0.05, 0) is 13.8 Å². The van der Waals surface area contributed by atoms with E-state index in [-0.39, 0.29) is 5.91 Å². The summed E-state index contributed by atoms with van der Waals surface area (Å²) in [6.45, 7) is 4.23. The van der Waals surface area contributed by atoms with Gasteiger partial charge in [0.2, 0.25) is 5.91 Å². The molecule has 0 aliphatic rings. The van der Waals surface area contributed by atoms with Gasteiger partial charge in [-0.3, -0.25) is 4.79 Å². The van der Waals surface area contributed by atoms with Crippen LogP contribution < -0.4 is 16.4 Å². The normalized spacial score (nSPS) is 11.7. The third-order valence-electron chi connectivity index (χ3n) is 2.89. The number of nitrogens with one attached hydrogen (secondary N) is 2. The van der Waals surface area contributed by atoms with Crippen molar-refractivity contribution in [2.24, 2.45) is 0 Å². The number of nitrogen functional groups attached to an aromatic ring is 1. The Hall–Kier alpha value is -2.63. The smallest absolute Gasteiger partial charge is 0.242 e. The average Bonchev–Trinajstić information content (AvgIpc) is 2.47. The van der Waals surface area contributed by atoms with E-state index in [1.54, 1.807) is 13.0 Å². The summed E-state index contributed by atoms with van der Waals surface area (Å²) in [6, 6.07) is 10.8. The lowest BCUT2D eigenvalue weighted by molar-refractivity contribution is -0.121. The first-order valence-electron chi connectivity index (χ1n) is 6.84. The van der Waals surface area contributed by atoms with E-state index in [9.17, 15) is 4.79 Å². The number of nitrogens with two attached hydrogens (primary N) is 1. The molecule has 0 fully saturated rings. The fraction of sp³-hybridized carbons (Fsp3) is 0.267. The van der Waals surface area contributed by atoms with Gasteiger partial charge in [0.1, 0.15) is 17.7 Å². The number of anilines is 2. The van der Waals surface area contributed by atoms with Crippen LogP contribution in [0.4, 0.5) is 11.6 Å². The van der Waals surface area contributed by atoms with Crippen molar-refractivity contribution < 1.29 is 4.79 Å². The van der Waals surface area contributed by atoms with Crippen LogP contribution in [0.5, 0.6) is 0 Å². The second-order valence-corrected chi connectivity index (χ2v) is 4.63. The summed E-state index contributed by atoms with van der Waals surface area (Å²) in [5.41, 5.74) is 6.69. The summed E-state index contributed by atoms with van der Waals surface area (Å²) in [6.07, 6.45) is 0. The van der Waals surface area contributed by atoms with Crippen molar-refractivity contribution in [2.75, 3.05) is 17.6 Å². The van der Waals surface area contributed by atoms with Crippen LogP contribution >= 0.6 is 0 Å². The highest BCUT2D eigenvalue weighted by atomic mass is 16.2.